The predicted molar refractivity (Wildman–Crippen MR) is 81.4 cm³/mol. The number of rotatable bonds is 6. The van der Waals surface area contributed by atoms with Crippen LogP contribution in [0.25, 0.3) is 0 Å². The van der Waals surface area contributed by atoms with Crippen LogP contribution in [-0.4, -0.2) is 30.4 Å². The third kappa shape index (κ3) is 3.09. The van der Waals surface area contributed by atoms with E-state index in [9.17, 15) is 9.90 Å². The molecule has 1 aromatic rings. The Morgan fingerprint density at radius 3 is 2.95 bits per heavy atom. The van der Waals surface area contributed by atoms with Gasteiger partial charge in [0.05, 0.1) is 18.1 Å². The first-order valence-corrected chi connectivity index (χ1v) is 8.14. The van der Waals surface area contributed by atoms with Crippen LogP contribution < -0.4 is 4.74 Å². The lowest BCUT2D eigenvalue weighted by Gasteiger charge is -2.29. The Morgan fingerprint density at radius 2 is 2.29 bits per heavy atom. The number of hydrogen-bond acceptors (Lipinski definition) is 3. The van der Waals surface area contributed by atoms with Crippen molar-refractivity contribution in [1.29, 1.82) is 0 Å². The summed E-state index contributed by atoms with van der Waals surface area (Å²) in [6, 6.07) is 7.59. The van der Waals surface area contributed by atoms with Gasteiger partial charge in [-0.2, -0.15) is 0 Å². The lowest BCUT2D eigenvalue weighted by atomic mass is 9.76. The normalized spacial score (nSPS) is 28.5. The molecule has 5 heteroatoms. The minimum absolute atomic E-state index is 0.138. The fraction of sp³-hybridized carbons (Fsp3) is 0.562. The molecular weight excluding hydrogens is 336 g/mol. The van der Waals surface area contributed by atoms with Gasteiger partial charge < -0.3 is 14.6 Å². The number of benzene rings is 1. The zero-order valence-electron chi connectivity index (χ0n) is 11.8. The minimum Gasteiger partial charge on any atom is -0.494 e. The summed E-state index contributed by atoms with van der Waals surface area (Å²) >= 11 is 3.40. The Kier molecular flexibility index (Phi) is 4.22. The number of ether oxygens (including phenoxy) is 2. The molecule has 1 heterocycles. The number of halogens is 1. The molecule has 1 saturated heterocycles. The lowest BCUT2D eigenvalue weighted by molar-refractivity contribution is -0.154. The highest BCUT2D eigenvalue weighted by atomic mass is 79.9. The van der Waals surface area contributed by atoms with Gasteiger partial charge in [0.25, 0.3) is 0 Å². The molecule has 21 heavy (non-hydrogen) atoms. The van der Waals surface area contributed by atoms with Gasteiger partial charge in [0, 0.05) is 17.5 Å². The number of hydrogen-bond donors (Lipinski definition) is 1. The first-order valence-electron chi connectivity index (χ1n) is 7.35. The second-order valence-corrected chi connectivity index (χ2v) is 6.81. The molecule has 1 aliphatic heterocycles. The maximum absolute atomic E-state index is 11.8. The summed E-state index contributed by atoms with van der Waals surface area (Å²) in [7, 11) is 0. The average molecular weight is 355 g/mol. The zero-order chi connectivity index (χ0) is 14.9. The number of aliphatic carboxylic acids is 1. The highest BCUT2D eigenvalue weighted by Crippen LogP contribution is 2.49. The molecule has 0 bridgehead atoms. The number of carboxylic acids is 1. The summed E-state index contributed by atoms with van der Waals surface area (Å²) in [4.78, 5) is 11.8. The van der Waals surface area contributed by atoms with Crippen molar-refractivity contribution in [2.45, 2.75) is 31.8 Å². The summed E-state index contributed by atoms with van der Waals surface area (Å²) in [5.41, 5.74) is -0.771. The fourth-order valence-corrected chi connectivity index (χ4v) is 3.54. The van der Waals surface area contributed by atoms with Crippen LogP contribution in [0.1, 0.15) is 25.7 Å². The summed E-state index contributed by atoms with van der Waals surface area (Å²) in [6.07, 6.45) is 3.13. The Morgan fingerprint density at radius 1 is 1.48 bits per heavy atom. The molecule has 2 fully saturated rings. The molecule has 114 valence electrons. The monoisotopic (exact) mass is 354 g/mol. The molecule has 1 N–H and O–H groups in total. The molecule has 1 aromatic carbocycles. The summed E-state index contributed by atoms with van der Waals surface area (Å²) in [6.45, 7) is 0.944. The van der Waals surface area contributed by atoms with Crippen LogP contribution in [0.5, 0.6) is 5.75 Å². The van der Waals surface area contributed by atoms with Crippen molar-refractivity contribution in [3.8, 4) is 5.75 Å². The largest absolute Gasteiger partial charge is 0.494 e. The fourth-order valence-electron chi connectivity index (χ4n) is 3.17. The van der Waals surface area contributed by atoms with E-state index in [2.05, 4.69) is 15.9 Å². The molecule has 1 aliphatic carbocycles. The van der Waals surface area contributed by atoms with E-state index in [-0.39, 0.29) is 6.10 Å². The van der Waals surface area contributed by atoms with E-state index >= 15 is 0 Å². The van der Waals surface area contributed by atoms with E-state index in [4.69, 9.17) is 9.47 Å². The SMILES string of the molecule is O=C(O)C1(CCOc2cccc(Br)c2)CCOC1C1CC1. The Bertz CT molecular complexity index is 529. The highest BCUT2D eigenvalue weighted by Gasteiger charge is 2.55. The van der Waals surface area contributed by atoms with E-state index in [0.717, 1.165) is 23.1 Å². The van der Waals surface area contributed by atoms with Gasteiger partial charge in [-0.05, 0) is 43.4 Å². The van der Waals surface area contributed by atoms with Crippen molar-refractivity contribution in [2.75, 3.05) is 13.2 Å². The van der Waals surface area contributed by atoms with Crippen molar-refractivity contribution in [2.24, 2.45) is 11.3 Å². The predicted octanol–water partition coefficient (Wildman–Crippen LogP) is 3.49. The Hall–Kier alpha value is -1.07. The van der Waals surface area contributed by atoms with Crippen LogP contribution in [0.2, 0.25) is 0 Å². The van der Waals surface area contributed by atoms with Crippen LogP contribution in [0.3, 0.4) is 0 Å². The van der Waals surface area contributed by atoms with Crippen molar-refractivity contribution in [1.82, 2.24) is 0 Å². The Balaban J connectivity index is 1.64. The molecule has 4 nitrogen and oxygen atoms in total. The van der Waals surface area contributed by atoms with Gasteiger partial charge in [-0.3, -0.25) is 4.79 Å². The van der Waals surface area contributed by atoms with E-state index in [1.807, 2.05) is 24.3 Å². The van der Waals surface area contributed by atoms with E-state index < -0.39 is 11.4 Å². The second-order valence-electron chi connectivity index (χ2n) is 5.90. The first kappa shape index (κ1) is 14.9. The molecule has 2 aliphatic rings. The molecule has 0 spiro atoms. The molecule has 2 atom stereocenters. The molecule has 0 radical (unpaired) electrons. The van der Waals surface area contributed by atoms with Crippen molar-refractivity contribution in [3.63, 3.8) is 0 Å². The first-order chi connectivity index (χ1) is 10.1. The quantitative estimate of drug-likeness (QED) is 0.849. The van der Waals surface area contributed by atoms with Gasteiger partial charge in [0.1, 0.15) is 5.75 Å². The summed E-state index contributed by atoms with van der Waals surface area (Å²) in [5, 5.41) is 9.71. The van der Waals surface area contributed by atoms with Gasteiger partial charge in [-0.15, -0.1) is 0 Å². The van der Waals surface area contributed by atoms with E-state index in [0.29, 0.717) is 32.0 Å². The molecule has 1 saturated carbocycles. The maximum atomic E-state index is 11.8. The second kappa shape index (κ2) is 5.97. The topological polar surface area (TPSA) is 55.8 Å². The van der Waals surface area contributed by atoms with Gasteiger partial charge in [-0.25, -0.2) is 0 Å². The van der Waals surface area contributed by atoms with E-state index in [1.165, 1.54) is 0 Å². The number of carbonyl (C=O) groups is 1. The third-order valence-corrected chi connectivity index (χ3v) is 4.97. The van der Waals surface area contributed by atoms with Crippen LogP contribution in [0.15, 0.2) is 28.7 Å². The lowest BCUT2D eigenvalue weighted by Crippen LogP contribution is -2.41. The molecular formula is C16H19BrO4. The van der Waals surface area contributed by atoms with Crippen LogP contribution in [-0.2, 0) is 9.53 Å². The molecule has 0 amide bonds. The summed E-state index contributed by atoms with van der Waals surface area (Å²) < 4.78 is 12.4. The van der Waals surface area contributed by atoms with Gasteiger partial charge >= 0.3 is 5.97 Å². The van der Waals surface area contributed by atoms with Crippen molar-refractivity contribution < 1.29 is 19.4 Å². The van der Waals surface area contributed by atoms with E-state index in [1.54, 1.807) is 0 Å². The number of carboxylic acid groups (broad SMARTS) is 1. The third-order valence-electron chi connectivity index (χ3n) is 4.48. The van der Waals surface area contributed by atoms with Gasteiger partial charge in [0.15, 0.2) is 0 Å². The Labute approximate surface area is 132 Å². The van der Waals surface area contributed by atoms with Crippen molar-refractivity contribution >= 4 is 21.9 Å². The van der Waals surface area contributed by atoms with Gasteiger partial charge in [-0.1, -0.05) is 22.0 Å². The van der Waals surface area contributed by atoms with Crippen LogP contribution in [0, 0.1) is 11.3 Å². The molecule has 3 rings (SSSR count). The van der Waals surface area contributed by atoms with Gasteiger partial charge in [0.2, 0.25) is 0 Å². The minimum atomic E-state index is -0.771. The highest BCUT2D eigenvalue weighted by molar-refractivity contribution is 9.10. The molecule has 2 unspecified atom stereocenters. The summed E-state index contributed by atoms with van der Waals surface area (Å²) in [5.74, 6) is 0.441. The zero-order valence-corrected chi connectivity index (χ0v) is 13.3. The smallest absolute Gasteiger partial charge is 0.312 e. The molecule has 0 aromatic heterocycles. The van der Waals surface area contributed by atoms with Crippen LogP contribution in [0.4, 0.5) is 0 Å². The van der Waals surface area contributed by atoms with Crippen LogP contribution >= 0.6 is 15.9 Å². The maximum Gasteiger partial charge on any atom is 0.312 e. The average Bonchev–Trinajstić information content (AvgIpc) is 3.19. The standard InChI is InChI=1S/C16H19BrO4/c17-12-2-1-3-13(10-12)20-8-6-16(15(18)19)7-9-21-14(16)11-4-5-11/h1-3,10-11,14H,4-9H2,(H,18,19). The van der Waals surface area contributed by atoms with Crippen molar-refractivity contribution in [3.05, 3.63) is 28.7 Å².